The minimum atomic E-state index is -0.385. The molecule has 0 aromatic carbocycles. The smallest absolute Gasteiger partial charge is 0.171 e. The Morgan fingerprint density at radius 3 is 2.71 bits per heavy atom. The molecule has 3 saturated carbocycles. The Hall–Kier alpha value is -0.410. The van der Waals surface area contributed by atoms with E-state index in [1.54, 1.807) is 0 Å². The molecule has 4 aliphatic rings. The van der Waals surface area contributed by atoms with Crippen LogP contribution in [-0.2, 0) is 14.3 Å². The van der Waals surface area contributed by atoms with Gasteiger partial charge in [-0.3, -0.25) is 4.79 Å². The molecule has 0 radical (unpaired) electrons. The molecule has 5 atom stereocenters. The summed E-state index contributed by atoms with van der Waals surface area (Å²) >= 11 is 0. The second-order valence-electron chi connectivity index (χ2n) is 8.18. The molecular weight excluding hydrogens is 264 g/mol. The number of ether oxygens (including phenoxy) is 2. The van der Waals surface area contributed by atoms with Crippen LogP contribution in [0.5, 0.6) is 0 Å². The van der Waals surface area contributed by atoms with Gasteiger partial charge in [-0.05, 0) is 36.5 Å². The van der Waals surface area contributed by atoms with Gasteiger partial charge in [0.05, 0.1) is 13.2 Å². The highest BCUT2D eigenvalue weighted by Gasteiger charge is 2.60. The highest BCUT2D eigenvalue weighted by Crippen LogP contribution is 2.61. The van der Waals surface area contributed by atoms with Gasteiger partial charge >= 0.3 is 0 Å². The summed E-state index contributed by atoms with van der Waals surface area (Å²) in [6, 6.07) is 0. The normalized spacial score (nSPS) is 49.0. The summed E-state index contributed by atoms with van der Waals surface area (Å²) in [5.74, 6) is 1.82. The molecule has 0 N–H and O–H groups in total. The van der Waals surface area contributed by atoms with Crippen molar-refractivity contribution in [3.05, 3.63) is 0 Å². The monoisotopic (exact) mass is 292 g/mol. The predicted octanol–water partition coefficient (Wildman–Crippen LogP) is 3.56. The Bertz CT molecular complexity index is 440. The zero-order valence-corrected chi connectivity index (χ0v) is 13.4. The molecule has 1 spiro atoms. The number of hydrogen-bond donors (Lipinski definition) is 0. The second-order valence-corrected chi connectivity index (χ2v) is 8.18. The van der Waals surface area contributed by atoms with Crippen LogP contribution in [0.4, 0.5) is 0 Å². The number of carbonyl (C=O) groups excluding carboxylic acids is 1. The van der Waals surface area contributed by atoms with E-state index in [9.17, 15) is 4.79 Å². The van der Waals surface area contributed by atoms with Gasteiger partial charge in [-0.25, -0.2) is 0 Å². The molecule has 4 rings (SSSR count). The lowest BCUT2D eigenvalue weighted by Crippen LogP contribution is -2.57. The topological polar surface area (TPSA) is 35.5 Å². The second kappa shape index (κ2) is 4.79. The van der Waals surface area contributed by atoms with Gasteiger partial charge in [0.15, 0.2) is 5.79 Å². The quantitative estimate of drug-likeness (QED) is 0.685. The fraction of sp³-hybridized carbons (Fsp3) is 0.944. The number of rotatable bonds is 0. The molecule has 3 nitrogen and oxygen atoms in total. The fourth-order valence-electron chi connectivity index (χ4n) is 5.94. The summed E-state index contributed by atoms with van der Waals surface area (Å²) in [7, 11) is 0. The lowest BCUT2D eigenvalue weighted by atomic mass is 9.48. The number of fused-ring (bicyclic) bond motifs is 3. The van der Waals surface area contributed by atoms with E-state index in [1.165, 1.54) is 25.7 Å². The van der Waals surface area contributed by atoms with Crippen LogP contribution in [0.1, 0.15) is 58.8 Å². The zero-order valence-electron chi connectivity index (χ0n) is 13.4. The van der Waals surface area contributed by atoms with E-state index in [4.69, 9.17) is 9.47 Å². The van der Waals surface area contributed by atoms with Crippen molar-refractivity contribution in [3.8, 4) is 0 Å². The van der Waals surface area contributed by atoms with Gasteiger partial charge < -0.3 is 9.47 Å². The van der Waals surface area contributed by atoms with Crippen LogP contribution >= 0.6 is 0 Å². The Balaban J connectivity index is 1.68. The first-order valence-electron chi connectivity index (χ1n) is 8.86. The Labute approximate surface area is 127 Å². The molecule has 3 heteroatoms. The van der Waals surface area contributed by atoms with E-state index in [0.29, 0.717) is 29.0 Å². The first-order chi connectivity index (χ1) is 10.1. The van der Waals surface area contributed by atoms with E-state index in [1.807, 2.05) is 0 Å². The molecule has 3 unspecified atom stereocenters. The molecule has 0 aromatic heterocycles. The molecule has 1 saturated heterocycles. The van der Waals surface area contributed by atoms with Crippen molar-refractivity contribution in [1.82, 2.24) is 0 Å². The maximum atomic E-state index is 12.7. The highest BCUT2D eigenvalue weighted by atomic mass is 16.7. The first kappa shape index (κ1) is 14.2. The molecule has 0 aromatic rings. The lowest BCUT2D eigenvalue weighted by molar-refractivity contribution is -0.244. The van der Waals surface area contributed by atoms with E-state index in [-0.39, 0.29) is 11.7 Å². The largest absolute Gasteiger partial charge is 0.347 e. The van der Waals surface area contributed by atoms with Crippen molar-refractivity contribution < 1.29 is 14.3 Å². The molecule has 3 aliphatic carbocycles. The van der Waals surface area contributed by atoms with E-state index in [0.717, 1.165) is 32.5 Å². The lowest BCUT2D eigenvalue weighted by Gasteiger charge is -2.58. The van der Waals surface area contributed by atoms with Gasteiger partial charge in [-0.1, -0.05) is 26.7 Å². The summed E-state index contributed by atoms with van der Waals surface area (Å²) in [5, 5.41) is 0. The Morgan fingerprint density at radius 1 is 1.19 bits per heavy atom. The van der Waals surface area contributed by atoms with Gasteiger partial charge in [-0.15, -0.1) is 0 Å². The number of carbonyl (C=O) groups is 1. The van der Waals surface area contributed by atoms with Crippen molar-refractivity contribution in [1.29, 1.82) is 0 Å². The van der Waals surface area contributed by atoms with Crippen molar-refractivity contribution in [2.45, 2.75) is 64.6 Å². The first-order valence-corrected chi connectivity index (χ1v) is 8.86. The summed E-state index contributed by atoms with van der Waals surface area (Å²) in [6.45, 7) is 6.11. The Kier molecular flexibility index (Phi) is 3.24. The van der Waals surface area contributed by atoms with Crippen LogP contribution in [0.15, 0.2) is 0 Å². The highest BCUT2D eigenvalue weighted by molar-refractivity contribution is 5.83. The zero-order chi connectivity index (χ0) is 14.7. The predicted molar refractivity (Wildman–Crippen MR) is 79.7 cm³/mol. The van der Waals surface area contributed by atoms with Crippen LogP contribution < -0.4 is 0 Å². The van der Waals surface area contributed by atoms with E-state index < -0.39 is 0 Å². The minimum Gasteiger partial charge on any atom is -0.347 e. The number of Topliss-reactive ketones (excluding diaryl/α,β-unsaturated/α-hetero) is 1. The average Bonchev–Trinajstić information content (AvgIpc) is 2.92. The van der Waals surface area contributed by atoms with Crippen LogP contribution in [0, 0.1) is 29.1 Å². The van der Waals surface area contributed by atoms with Gasteiger partial charge in [0.2, 0.25) is 0 Å². The molecule has 1 aliphatic heterocycles. The summed E-state index contributed by atoms with van der Waals surface area (Å²) in [6.07, 6.45) is 7.91. The standard InChI is InChI=1S/C18H28O3/c1-12-9-14-15(11-18(12)20-7-8-21-18)17(2)6-4-3-5-13(17)10-16(14)19/h12-15H,3-11H2,1-2H3/t12?,13-,14?,15?,17+/m1/s1. The minimum absolute atomic E-state index is 0.262. The molecule has 4 fully saturated rings. The van der Waals surface area contributed by atoms with Gasteiger partial charge in [0, 0.05) is 24.7 Å². The van der Waals surface area contributed by atoms with Crippen molar-refractivity contribution in [2.24, 2.45) is 29.1 Å². The van der Waals surface area contributed by atoms with Crippen LogP contribution in [0.3, 0.4) is 0 Å². The van der Waals surface area contributed by atoms with Crippen molar-refractivity contribution >= 4 is 5.78 Å². The van der Waals surface area contributed by atoms with Gasteiger partial charge in [0.25, 0.3) is 0 Å². The third-order valence-electron chi connectivity index (χ3n) is 7.28. The van der Waals surface area contributed by atoms with E-state index >= 15 is 0 Å². The van der Waals surface area contributed by atoms with Gasteiger partial charge in [0.1, 0.15) is 5.78 Å². The maximum absolute atomic E-state index is 12.7. The summed E-state index contributed by atoms with van der Waals surface area (Å²) < 4.78 is 12.1. The molecule has 0 bridgehead atoms. The summed E-state index contributed by atoms with van der Waals surface area (Å²) in [4.78, 5) is 12.7. The molecule has 0 amide bonds. The molecule has 118 valence electrons. The molecule has 21 heavy (non-hydrogen) atoms. The third kappa shape index (κ3) is 1.96. The van der Waals surface area contributed by atoms with E-state index in [2.05, 4.69) is 13.8 Å². The maximum Gasteiger partial charge on any atom is 0.171 e. The van der Waals surface area contributed by atoms with Gasteiger partial charge in [-0.2, -0.15) is 0 Å². The SMILES string of the molecule is CC1CC2C(=O)C[C@H]3CCCC[C@]3(C)C2CC12OCCO2. The molecule has 1 heterocycles. The molecular formula is C18H28O3. The summed E-state index contributed by atoms with van der Waals surface area (Å²) in [5.41, 5.74) is 0.333. The van der Waals surface area contributed by atoms with Crippen molar-refractivity contribution in [3.63, 3.8) is 0 Å². The van der Waals surface area contributed by atoms with Crippen LogP contribution in [-0.4, -0.2) is 24.8 Å². The van der Waals surface area contributed by atoms with Crippen molar-refractivity contribution in [2.75, 3.05) is 13.2 Å². The third-order valence-corrected chi connectivity index (χ3v) is 7.28. The Morgan fingerprint density at radius 2 is 1.95 bits per heavy atom. The number of hydrogen-bond acceptors (Lipinski definition) is 3. The number of ketones is 1. The van der Waals surface area contributed by atoms with Crippen LogP contribution in [0.25, 0.3) is 0 Å². The van der Waals surface area contributed by atoms with Crippen LogP contribution in [0.2, 0.25) is 0 Å². The fourth-order valence-corrected chi connectivity index (χ4v) is 5.94. The average molecular weight is 292 g/mol.